The Bertz CT molecular complexity index is 870. The van der Waals surface area contributed by atoms with Gasteiger partial charge < -0.3 is 15.0 Å². The average Bonchev–Trinajstić information content (AvgIpc) is 2.69. The van der Waals surface area contributed by atoms with Gasteiger partial charge in [0.1, 0.15) is 11.6 Å². The Morgan fingerprint density at radius 1 is 1.14 bits per heavy atom. The number of benzene rings is 2. The number of anilines is 1. The maximum absolute atomic E-state index is 14.1. The number of hydrogen-bond acceptors (Lipinski definition) is 4. The number of nitrogens with one attached hydrogen (secondary N) is 1. The van der Waals surface area contributed by atoms with Crippen LogP contribution in [0, 0.1) is 5.82 Å². The SMILES string of the molecule is COc1ccc(C(=O)N2CCN(CC(=O)Nc3ccccc3Cl)CC2)c(F)c1. The van der Waals surface area contributed by atoms with Crippen LogP contribution in [0.25, 0.3) is 0 Å². The minimum absolute atomic E-state index is 0.0192. The molecule has 0 bridgehead atoms. The van der Waals surface area contributed by atoms with E-state index in [1.54, 1.807) is 35.2 Å². The van der Waals surface area contributed by atoms with Gasteiger partial charge >= 0.3 is 0 Å². The quantitative estimate of drug-likeness (QED) is 0.830. The molecule has 1 fully saturated rings. The Morgan fingerprint density at radius 2 is 1.86 bits per heavy atom. The van der Waals surface area contributed by atoms with Gasteiger partial charge in [-0.25, -0.2) is 4.39 Å². The third-order valence-electron chi connectivity index (χ3n) is 4.58. The van der Waals surface area contributed by atoms with Crippen molar-refractivity contribution in [1.82, 2.24) is 9.80 Å². The van der Waals surface area contributed by atoms with Crippen LogP contribution in [0.1, 0.15) is 10.4 Å². The topological polar surface area (TPSA) is 61.9 Å². The molecule has 28 heavy (non-hydrogen) atoms. The van der Waals surface area contributed by atoms with Crippen molar-refractivity contribution in [1.29, 1.82) is 0 Å². The fourth-order valence-electron chi connectivity index (χ4n) is 3.03. The van der Waals surface area contributed by atoms with Crippen molar-refractivity contribution in [3.8, 4) is 5.75 Å². The second-order valence-electron chi connectivity index (χ2n) is 6.44. The third-order valence-corrected chi connectivity index (χ3v) is 4.91. The lowest BCUT2D eigenvalue weighted by molar-refractivity contribution is -0.117. The van der Waals surface area contributed by atoms with E-state index in [1.165, 1.54) is 19.2 Å². The molecule has 1 heterocycles. The van der Waals surface area contributed by atoms with E-state index in [-0.39, 0.29) is 23.9 Å². The number of piperazine rings is 1. The molecule has 0 aliphatic carbocycles. The zero-order valence-corrected chi connectivity index (χ0v) is 16.2. The molecule has 1 aliphatic heterocycles. The highest BCUT2D eigenvalue weighted by molar-refractivity contribution is 6.33. The van der Waals surface area contributed by atoms with Crippen LogP contribution in [0.4, 0.5) is 10.1 Å². The maximum Gasteiger partial charge on any atom is 0.256 e. The van der Waals surface area contributed by atoms with E-state index in [1.807, 2.05) is 4.90 Å². The number of para-hydroxylation sites is 1. The van der Waals surface area contributed by atoms with E-state index in [2.05, 4.69) is 5.32 Å². The first-order chi connectivity index (χ1) is 13.5. The van der Waals surface area contributed by atoms with E-state index in [4.69, 9.17) is 16.3 Å². The number of carbonyl (C=O) groups excluding carboxylic acids is 2. The Morgan fingerprint density at radius 3 is 2.50 bits per heavy atom. The molecule has 2 aromatic rings. The molecule has 1 N–H and O–H groups in total. The number of ether oxygens (including phenoxy) is 1. The zero-order valence-electron chi connectivity index (χ0n) is 15.5. The van der Waals surface area contributed by atoms with Crippen LogP contribution >= 0.6 is 11.6 Å². The molecule has 2 aromatic carbocycles. The Labute approximate surface area is 167 Å². The summed E-state index contributed by atoms with van der Waals surface area (Å²) >= 11 is 6.04. The van der Waals surface area contributed by atoms with Crippen molar-refractivity contribution in [3.05, 3.63) is 58.9 Å². The molecule has 1 saturated heterocycles. The van der Waals surface area contributed by atoms with Crippen molar-refractivity contribution in [3.63, 3.8) is 0 Å². The van der Waals surface area contributed by atoms with E-state index >= 15 is 0 Å². The largest absolute Gasteiger partial charge is 0.497 e. The van der Waals surface area contributed by atoms with E-state index in [0.29, 0.717) is 42.6 Å². The summed E-state index contributed by atoms with van der Waals surface area (Å²) in [4.78, 5) is 28.3. The van der Waals surface area contributed by atoms with Crippen molar-refractivity contribution in [2.75, 3.05) is 45.2 Å². The molecule has 8 heteroatoms. The first-order valence-electron chi connectivity index (χ1n) is 8.87. The number of carbonyl (C=O) groups is 2. The third kappa shape index (κ3) is 4.79. The summed E-state index contributed by atoms with van der Waals surface area (Å²) in [6, 6.07) is 11.2. The number of hydrogen-bond donors (Lipinski definition) is 1. The molecule has 0 unspecified atom stereocenters. The lowest BCUT2D eigenvalue weighted by Gasteiger charge is -2.34. The van der Waals surface area contributed by atoms with Gasteiger partial charge in [0.25, 0.3) is 5.91 Å². The molecule has 0 atom stereocenters. The van der Waals surface area contributed by atoms with Crippen LogP contribution < -0.4 is 10.1 Å². The van der Waals surface area contributed by atoms with Crippen LogP contribution in [0.15, 0.2) is 42.5 Å². The summed E-state index contributed by atoms with van der Waals surface area (Å²) in [5.41, 5.74) is 0.587. The van der Waals surface area contributed by atoms with E-state index < -0.39 is 5.82 Å². The van der Waals surface area contributed by atoms with Gasteiger partial charge in [0.2, 0.25) is 5.91 Å². The number of methoxy groups -OCH3 is 1. The van der Waals surface area contributed by atoms with Crippen molar-refractivity contribution in [2.24, 2.45) is 0 Å². The summed E-state index contributed by atoms with van der Waals surface area (Å²) in [7, 11) is 1.44. The molecular weight excluding hydrogens is 385 g/mol. The van der Waals surface area contributed by atoms with Gasteiger partial charge in [0, 0.05) is 32.2 Å². The highest BCUT2D eigenvalue weighted by Gasteiger charge is 2.25. The Balaban J connectivity index is 1.52. The second kappa shape index (κ2) is 9.03. The molecule has 0 saturated carbocycles. The van der Waals surface area contributed by atoms with E-state index in [0.717, 1.165) is 0 Å². The van der Waals surface area contributed by atoms with Gasteiger partial charge in [-0.15, -0.1) is 0 Å². The number of amides is 2. The molecule has 6 nitrogen and oxygen atoms in total. The van der Waals surface area contributed by atoms with Crippen LogP contribution in [0.3, 0.4) is 0 Å². The predicted octanol–water partition coefficient (Wildman–Crippen LogP) is 2.88. The Hall–Kier alpha value is -2.64. The molecule has 3 rings (SSSR count). The van der Waals surface area contributed by atoms with Gasteiger partial charge in [-0.2, -0.15) is 0 Å². The molecule has 1 aliphatic rings. The monoisotopic (exact) mass is 405 g/mol. The van der Waals surface area contributed by atoms with Crippen LogP contribution in [-0.4, -0.2) is 61.4 Å². The lowest BCUT2D eigenvalue weighted by Crippen LogP contribution is -2.50. The standard InChI is InChI=1S/C20H21ClFN3O3/c1-28-14-6-7-15(17(22)12-14)20(27)25-10-8-24(9-11-25)13-19(26)23-18-5-3-2-4-16(18)21/h2-7,12H,8-11,13H2,1H3,(H,23,26). The molecule has 148 valence electrons. The van der Waals surface area contributed by atoms with Gasteiger partial charge in [-0.3, -0.25) is 14.5 Å². The minimum atomic E-state index is -0.606. The number of nitrogens with zero attached hydrogens (tertiary/aromatic N) is 2. The molecule has 0 aromatic heterocycles. The minimum Gasteiger partial charge on any atom is -0.497 e. The summed E-state index contributed by atoms with van der Waals surface area (Å²) in [5.74, 6) is -0.774. The number of halogens is 2. The van der Waals surface area contributed by atoms with Crippen molar-refractivity contribution < 1.29 is 18.7 Å². The Kier molecular flexibility index (Phi) is 6.49. The molecule has 2 amide bonds. The van der Waals surface area contributed by atoms with Crippen LogP contribution in [0.2, 0.25) is 5.02 Å². The molecule has 0 spiro atoms. The van der Waals surface area contributed by atoms with Crippen molar-refractivity contribution in [2.45, 2.75) is 0 Å². The number of rotatable bonds is 5. The first-order valence-corrected chi connectivity index (χ1v) is 9.25. The fraction of sp³-hybridized carbons (Fsp3) is 0.300. The summed E-state index contributed by atoms with van der Waals surface area (Å²) in [5, 5.41) is 3.26. The van der Waals surface area contributed by atoms with Gasteiger partial charge in [-0.1, -0.05) is 23.7 Å². The van der Waals surface area contributed by atoms with E-state index in [9.17, 15) is 14.0 Å². The van der Waals surface area contributed by atoms with Crippen LogP contribution in [-0.2, 0) is 4.79 Å². The molecular formula is C20H21ClFN3O3. The predicted molar refractivity (Wildman–Crippen MR) is 105 cm³/mol. The first kappa shape index (κ1) is 20.1. The normalized spacial score (nSPS) is 14.6. The van der Waals surface area contributed by atoms with Gasteiger partial charge in [-0.05, 0) is 24.3 Å². The fourth-order valence-corrected chi connectivity index (χ4v) is 3.21. The van der Waals surface area contributed by atoms with Gasteiger partial charge in [0.05, 0.1) is 29.9 Å². The van der Waals surface area contributed by atoms with Crippen molar-refractivity contribution >= 4 is 29.1 Å². The average molecular weight is 406 g/mol. The highest BCUT2D eigenvalue weighted by atomic mass is 35.5. The summed E-state index contributed by atoms with van der Waals surface area (Å²) < 4.78 is 19.1. The summed E-state index contributed by atoms with van der Waals surface area (Å²) in [6.45, 7) is 2.09. The smallest absolute Gasteiger partial charge is 0.256 e. The zero-order chi connectivity index (χ0) is 20.1. The summed E-state index contributed by atoms with van der Waals surface area (Å²) in [6.07, 6.45) is 0. The maximum atomic E-state index is 14.1. The molecule has 0 radical (unpaired) electrons. The second-order valence-corrected chi connectivity index (χ2v) is 6.85. The van der Waals surface area contributed by atoms with Gasteiger partial charge in [0.15, 0.2) is 0 Å². The highest BCUT2D eigenvalue weighted by Crippen LogP contribution is 2.21. The van der Waals surface area contributed by atoms with Crippen LogP contribution in [0.5, 0.6) is 5.75 Å². The lowest BCUT2D eigenvalue weighted by atomic mass is 10.1.